The zero-order chi connectivity index (χ0) is 13.1. The van der Waals surface area contributed by atoms with Crippen LogP contribution in [0.25, 0.3) is 0 Å². The van der Waals surface area contributed by atoms with E-state index in [-0.39, 0.29) is 5.91 Å². The molecule has 0 aliphatic rings. The molecule has 2 aromatic rings. The van der Waals surface area contributed by atoms with Gasteiger partial charge in [0.05, 0.1) is 11.3 Å². The lowest BCUT2D eigenvalue weighted by molar-refractivity contribution is 0.102. The summed E-state index contributed by atoms with van der Waals surface area (Å²) in [7, 11) is 0. The first-order valence-electron chi connectivity index (χ1n) is 5.05. The molecule has 0 bridgehead atoms. The smallest absolute Gasteiger partial charge is 0.272 e. The fourth-order valence-electron chi connectivity index (χ4n) is 1.45. The van der Waals surface area contributed by atoms with Gasteiger partial charge < -0.3 is 16.0 Å². The van der Waals surface area contributed by atoms with Crippen LogP contribution in [0.1, 0.15) is 16.1 Å². The molecule has 1 aromatic heterocycles. The number of nitrogens with one attached hydrogen (secondary N) is 2. The summed E-state index contributed by atoms with van der Waals surface area (Å²) in [5, 5.41) is 12.0. The fourth-order valence-corrected chi connectivity index (χ4v) is 1.62. The quantitative estimate of drug-likeness (QED) is 0.774. The van der Waals surface area contributed by atoms with Crippen LogP contribution >= 0.6 is 11.6 Å². The molecule has 4 N–H and O–H groups in total. The van der Waals surface area contributed by atoms with Crippen molar-refractivity contribution in [3.05, 3.63) is 46.7 Å². The van der Waals surface area contributed by atoms with Gasteiger partial charge in [-0.3, -0.25) is 4.79 Å². The van der Waals surface area contributed by atoms with Crippen LogP contribution in [0.2, 0.25) is 5.02 Å². The first-order chi connectivity index (χ1) is 8.60. The van der Waals surface area contributed by atoms with Crippen LogP contribution in [0, 0.1) is 11.3 Å². The lowest BCUT2D eigenvalue weighted by atomic mass is 10.2. The van der Waals surface area contributed by atoms with Crippen LogP contribution in [0.15, 0.2) is 30.5 Å². The van der Waals surface area contributed by atoms with Gasteiger partial charge in [0, 0.05) is 16.9 Å². The number of amides is 1. The van der Waals surface area contributed by atoms with E-state index in [4.69, 9.17) is 22.6 Å². The van der Waals surface area contributed by atoms with E-state index in [9.17, 15) is 4.79 Å². The predicted molar refractivity (Wildman–Crippen MR) is 69.3 cm³/mol. The van der Waals surface area contributed by atoms with Crippen molar-refractivity contribution in [2.24, 2.45) is 0 Å². The minimum Gasteiger partial charge on any atom is -0.397 e. The zero-order valence-corrected chi connectivity index (χ0v) is 9.95. The Labute approximate surface area is 108 Å². The van der Waals surface area contributed by atoms with E-state index in [1.807, 2.05) is 6.07 Å². The number of anilines is 2. The number of hydrogen-bond donors (Lipinski definition) is 3. The third kappa shape index (κ3) is 2.44. The highest BCUT2D eigenvalue weighted by Gasteiger charge is 2.11. The highest BCUT2D eigenvalue weighted by Crippen LogP contribution is 2.21. The van der Waals surface area contributed by atoms with Crippen molar-refractivity contribution >= 4 is 28.9 Å². The second-order valence-corrected chi connectivity index (χ2v) is 4.04. The maximum Gasteiger partial charge on any atom is 0.272 e. The number of aromatic nitrogens is 1. The molecule has 0 spiro atoms. The Balaban J connectivity index is 2.27. The van der Waals surface area contributed by atoms with Gasteiger partial charge in [-0.05, 0) is 24.3 Å². The molecule has 1 amide bonds. The summed E-state index contributed by atoms with van der Waals surface area (Å²) in [5.41, 5.74) is 6.99. The van der Waals surface area contributed by atoms with Crippen molar-refractivity contribution in [3.8, 4) is 6.07 Å². The van der Waals surface area contributed by atoms with Crippen LogP contribution in [0.3, 0.4) is 0 Å². The average molecular weight is 261 g/mol. The normalized spacial score (nSPS) is 9.78. The lowest BCUT2D eigenvalue weighted by Gasteiger charge is -2.06. The molecule has 0 aliphatic carbocycles. The first kappa shape index (κ1) is 12.0. The van der Waals surface area contributed by atoms with Gasteiger partial charge in [-0.25, -0.2) is 0 Å². The number of halogens is 1. The molecule has 5 nitrogen and oxygen atoms in total. The molecule has 0 radical (unpaired) electrons. The van der Waals surface area contributed by atoms with Gasteiger partial charge in [0.2, 0.25) is 0 Å². The van der Waals surface area contributed by atoms with Crippen LogP contribution in [-0.4, -0.2) is 10.9 Å². The third-order valence-electron chi connectivity index (χ3n) is 2.30. The molecule has 2 rings (SSSR count). The van der Waals surface area contributed by atoms with Crippen molar-refractivity contribution in [1.82, 2.24) is 4.98 Å². The fraction of sp³-hybridized carbons (Fsp3) is 0. The number of nitrogen functional groups attached to an aromatic ring is 1. The maximum absolute atomic E-state index is 11.9. The number of carbonyl (C=O) groups is 1. The lowest BCUT2D eigenvalue weighted by Crippen LogP contribution is -2.13. The summed E-state index contributed by atoms with van der Waals surface area (Å²) >= 11 is 5.82. The summed E-state index contributed by atoms with van der Waals surface area (Å²) in [6, 6.07) is 8.13. The van der Waals surface area contributed by atoms with E-state index in [0.29, 0.717) is 27.7 Å². The Bertz CT molecular complexity index is 642. The minimum absolute atomic E-state index is 0.316. The molecule has 0 atom stereocenters. The maximum atomic E-state index is 11.9. The van der Waals surface area contributed by atoms with Crippen molar-refractivity contribution in [3.63, 3.8) is 0 Å². The van der Waals surface area contributed by atoms with E-state index in [1.165, 1.54) is 18.3 Å². The molecule has 1 heterocycles. The number of hydrogen-bond acceptors (Lipinski definition) is 3. The Kier molecular flexibility index (Phi) is 3.22. The van der Waals surface area contributed by atoms with Crippen LogP contribution in [-0.2, 0) is 0 Å². The van der Waals surface area contributed by atoms with Gasteiger partial charge in [-0.2, -0.15) is 5.26 Å². The number of rotatable bonds is 2. The predicted octanol–water partition coefficient (Wildman–Crippen LogP) is 2.37. The Morgan fingerprint density at radius 3 is 2.83 bits per heavy atom. The molecular formula is C12H9ClN4O. The van der Waals surface area contributed by atoms with E-state index in [1.54, 1.807) is 12.1 Å². The molecule has 0 saturated heterocycles. The largest absolute Gasteiger partial charge is 0.397 e. The second kappa shape index (κ2) is 4.82. The van der Waals surface area contributed by atoms with Crippen LogP contribution < -0.4 is 11.1 Å². The molecule has 0 saturated carbocycles. The molecule has 90 valence electrons. The molecule has 0 aliphatic heterocycles. The van der Waals surface area contributed by atoms with Crippen LogP contribution in [0.5, 0.6) is 0 Å². The second-order valence-electron chi connectivity index (χ2n) is 3.60. The van der Waals surface area contributed by atoms with E-state index < -0.39 is 0 Å². The number of H-pyrrole nitrogens is 1. The van der Waals surface area contributed by atoms with Gasteiger partial charge in [0.1, 0.15) is 11.8 Å². The highest BCUT2D eigenvalue weighted by atomic mass is 35.5. The third-order valence-corrected chi connectivity index (χ3v) is 2.54. The molecule has 6 heteroatoms. The Morgan fingerprint density at radius 2 is 2.22 bits per heavy atom. The standard InChI is InChI=1S/C12H9ClN4O/c13-8-2-1-7(5-14)10(3-8)17-12(18)11-4-9(15)6-16-11/h1-4,6,16H,15H2,(H,17,18). The number of carbonyl (C=O) groups excluding carboxylic acids is 1. The SMILES string of the molecule is N#Cc1ccc(Cl)cc1NC(=O)c1cc(N)c[nH]1. The number of nitrogens with zero attached hydrogens (tertiary/aromatic N) is 1. The molecule has 1 aromatic carbocycles. The summed E-state index contributed by atoms with van der Waals surface area (Å²) < 4.78 is 0. The van der Waals surface area contributed by atoms with Crippen molar-refractivity contribution in [1.29, 1.82) is 5.26 Å². The molecule has 18 heavy (non-hydrogen) atoms. The van der Waals surface area contributed by atoms with Crippen molar-refractivity contribution in [2.45, 2.75) is 0 Å². The molecule has 0 unspecified atom stereocenters. The average Bonchev–Trinajstić information content (AvgIpc) is 2.76. The van der Waals surface area contributed by atoms with Gasteiger partial charge >= 0.3 is 0 Å². The monoisotopic (exact) mass is 260 g/mol. The van der Waals surface area contributed by atoms with E-state index >= 15 is 0 Å². The first-order valence-corrected chi connectivity index (χ1v) is 5.43. The molecule has 0 fully saturated rings. The van der Waals surface area contributed by atoms with Gasteiger partial charge in [0.25, 0.3) is 5.91 Å². The summed E-state index contributed by atoms with van der Waals surface area (Å²) in [6.07, 6.45) is 1.51. The van der Waals surface area contributed by atoms with Gasteiger partial charge in [0.15, 0.2) is 0 Å². The van der Waals surface area contributed by atoms with Crippen LogP contribution in [0.4, 0.5) is 11.4 Å². The number of aromatic amines is 1. The van der Waals surface area contributed by atoms with Crippen molar-refractivity contribution < 1.29 is 4.79 Å². The Morgan fingerprint density at radius 1 is 1.44 bits per heavy atom. The minimum atomic E-state index is -0.384. The molecular weight excluding hydrogens is 252 g/mol. The Hall–Kier alpha value is -2.45. The van der Waals surface area contributed by atoms with Gasteiger partial charge in [-0.1, -0.05) is 11.6 Å². The summed E-state index contributed by atoms with van der Waals surface area (Å²) in [5.74, 6) is -0.384. The number of benzene rings is 1. The van der Waals surface area contributed by atoms with E-state index in [2.05, 4.69) is 10.3 Å². The van der Waals surface area contributed by atoms with E-state index in [0.717, 1.165) is 0 Å². The van der Waals surface area contributed by atoms with Crippen molar-refractivity contribution in [2.75, 3.05) is 11.1 Å². The topological polar surface area (TPSA) is 94.7 Å². The summed E-state index contributed by atoms with van der Waals surface area (Å²) in [6.45, 7) is 0. The zero-order valence-electron chi connectivity index (χ0n) is 9.20. The highest BCUT2D eigenvalue weighted by molar-refractivity contribution is 6.31. The number of nitriles is 1. The number of nitrogens with two attached hydrogens (primary N) is 1. The van der Waals surface area contributed by atoms with Gasteiger partial charge in [-0.15, -0.1) is 0 Å². The summed E-state index contributed by atoms with van der Waals surface area (Å²) in [4.78, 5) is 14.6.